The maximum Gasteiger partial charge on any atom is 0.264 e. The fourth-order valence-corrected chi connectivity index (χ4v) is 5.55. The minimum absolute atomic E-state index is 0.0452. The Kier molecular flexibility index (Phi) is 9.95. The van der Waals surface area contributed by atoms with E-state index in [0.29, 0.717) is 17.9 Å². The van der Waals surface area contributed by atoms with Crippen LogP contribution in [-0.2, 0) is 26.2 Å². The molecule has 0 aliphatic carbocycles. The van der Waals surface area contributed by atoms with Crippen LogP contribution in [0.25, 0.3) is 0 Å². The summed E-state index contributed by atoms with van der Waals surface area (Å²) in [5, 5.41) is 2.62. The number of nitrogens with one attached hydrogen (secondary N) is 1. The second-order valence-corrected chi connectivity index (χ2v) is 10.8. The maximum absolute atomic E-state index is 13.9. The Hall–Kier alpha value is -4.05. The van der Waals surface area contributed by atoms with E-state index >= 15 is 0 Å². The minimum Gasteiger partial charge on any atom is -0.497 e. The molecule has 0 spiro atoms. The molecule has 3 rings (SSSR count). The predicted molar refractivity (Wildman–Crippen MR) is 150 cm³/mol. The number of sulfonamides is 1. The summed E-state index contributed by atoms with van der Waals surface area (Å²) in [5.41, 5.74) is 1.93. The van der Waals surface area contributed by atoms with E-state index in [4.69, 9.17) is 9.47 Å². The zero-order valence-electron chi connectivity index (χ0n) is 22.9. The highest BCUT2D eigenvalue weighted by Crippen LogP contribution is 2.28. The quantitative estimate of drug-likeness (QED) is 0.366. The summed E-state index contributed by atoms with van der Waals surface area (Å²) in [6.07, 6.45) is 0.339. The first kappa shape index (κ1) is 29.5. The molecule has 0 saturated heterocycles. The SMILES string of the molecule is CC[C@@H](C(=O)NC)N(Cc1ccc(OC)cc1)C(=O)CN(c1cccc(OC)c1)S(=O)(=O)c1ccc(C)cc1. The standard InChI is InChI=1S/C29H35N3O6S/c1-6-27(29(34)30-3)31(19-22-12-14-24(37-4)15-13-22)28(33)20-32(23-8-7-9-25(18-23)38-5)39(35,36)26-16-10-21(2)11-17-26/h7-18,27H,6,19-20H2,1-5H3,(H,30,34)/t27-/m0/s1. The first-order valence-corrected chi connectivity index (χ1v) is 14.0. The number of methoxy groups -OCH3 is 2. The van der Waals surface area contributed by atoms with Crippen molar-refractivity contribution in [2.24, 2.45) is 0 Å². The molecule has 3 aromatic carbocycles. The average Bonchev–Trinajstić information content (AvgIpc) is 2.95. The smallest absolute Gasteiger partial charge is 0.264 e. The number of ether oxygens (including phenoxy) is 2. The lowest BCUT2D eigenvalue weighted by molar-refractivity contribution is -0.140. The molecule has 0 heterocycles. The number of carbonyl (C=O) groups excluding carboxylic acids is 2. The first-order valence-electron chi connectivity index (χ1n) is 12.5. The third-order valence-corrected chi connectivity index (χ3v) is 8.16. The molecule has 0 unspecified atom stereocenters. The van der Waals surface area contributed by atoms with Gasteiger partial charge in [-0.25, -0.2) is 8.42 Å². The molecule has 10 heteroatoms. The highest BCUT2D eigenvalue weighted by molar-refractivity contribution is 7.92. The van der Waals surface area contributed by atoms with Crippen molar-refractivity contribution in [1.82, 2.24) is 10.2 Å². The van der Waals surface area contributed by atoms with Crippen molar-refractivity contribution in [3.63, 3.8) is 0 Å². The summed E-state index contributed by atoms with van der Waals surface area (Å²) in [6.45, 7) is 3.25. The van der Waals surface area contributed by atoms with Gasteiger partial charge in [-0.3, -0.25) is 13.9 Å². The Labute approximate surface area is 230 Å². The highest BCUT2D eigenvalue weighted by atomic mass is 32.2. The molecule has 39 heavy (non-hydrogen) atoms. The second-order valence-electron chi connectivity index (χ2n) is 8.93. The number of anilines is 1. The lowest BCUT2D eigenvalue weighted by Crippen LogP contribution is -2.51. The summed E-state index contributed by atoms with van der Waals surface area (Å²) in [4.78, 5) is 28.2. The fraction of sp³-hybridized carbons (Fsp3) is 0.310. The maximum atomic E-state index is 13.9. The predicted octanol–water partition coefficient (Wildman–Crippen LogP) is 3.76. The molecular weight excluding hydrogens is 518 g/mol. The van der Waals surface area contributed by atoms with Gasteiger partial charge in [-0.1, -0.05) is 42.8 Å². The van der Waals surface area contributed by atoms with Crippen molar-refractivity contribution >= 4 is 27.5 Å². The van der Waals surface area contributed by atoms with E-state index in [1.54, 1.807) is 74.7 Å². The van der Waals surface area contributed by atoms with Crippen LogP contribution in [0.3, 0.4) is 0 Å². The number of carbonyl (C=O) groups is 2. The van der Waals surface area contributed by atoms with Gasteiger partial charge in [0.25, 0.3) is 10.0 Å². The fourth-order valence-electron chi connectivity index (χ4n) is 4.15. The molecule has 0 radical (unpaired) electrons. The van der Waals surface area contributed by atoms with Crippen LogP contribution in [0.5, 0.6) is 11.5 Å². The van der Waals surface area contributed by atoms with Gasteiger partial charge in [0.1, 0.15) is 24.1 Å². The number of nitrogens with zero attached hydrogens (tertiary/aromatic N) is 2. The average molecular weight is 554 g/mol. The van der Waals surface area contributed by atoms with Crippen molar-refractivity contribution in [2.75, 3.05) is 32.1 Å². The van der Waals surface area contributed by atoms with Gasteiger partial charge in [0, 0.05) is 19.7 Å². The van der Waals surface area contributed by atoms with Crippen LogP contribution in [0.15, 0.2) is 77.7 Å². The van der Waals surface area contributed by atoms with E-state index < -0.39 is 28.5 Å². The first-order chi connectivity index (χ1) is 18.6. The van der Waals surface area contributed by atoms with Gasteiger partial charge in [0.2, 0.25) is 11.8 Å². The summed E-state index contributed by atoms with van der Waals surface area (Å²) >= 11 is 0. The molecule has 1 N–H and O–H groups in total. The second kappa shape index (κ2) is 13.1. The number of likely N-dealkylation sites (N-methyl/N-ethyl adjacent to an activating group) is 1. The molecule has 0 fully saturated rings. The molecule has 9 nitrogen and oxygen atoms in total. The summed E-state index contributed by atoms with van der Waals surface area (Å²) < 4.78 is 39.4. The van der Waals surface area contributed by atoms with Crippen molar-refractivity contribution < 1.29 is 27.5 Å². The topological polar surface area (TPSA) is 105 Å². The van der Waals surface area contributed by atoms with Crippen LogP contribution in [0, 0.1) is 6.92 Å². The zero-order chi connectivity index (χ0) is 28.6. The van der Waals surface area contributed by atoms with Crippen molar-refractivity contribution in [1.29, 1.82) is 0 Å². The van der Waals surface area contributed by atoms with Gasteiger partial charge < -0.3 is 19.7 Å². The number of rotatable bonds is 12. The number of aryl methyl sites for hydroxylation is 1. The summed E-state index contributed by atoms with van der Waals surface area (Å²) in [6, 6.07) is 19.3. The molecule has 0 aliphatic heterocycles. The van der Waals surface area contributed by atoms with Crippen LogP contribution < -0.4 is 19.1 Å². The lowest BCUT2D eigenvalue weighted by Gasteiger charge is -2.33. The van der Waals surface area contributed by atoms with E-state index in [2.05, 4.69) is 5.32 Å². The van der Waals surface area contributed by atoms with Crippen LogP contribution in [-0.4, -0.2) is 59.0 Å². The Morgan fingerprint density at radius 3 is 2.13 bits per heavy atom. The van der Waals surface area contributed by atoms with Crippen molar-refractivity contribution in [3.05, 3.63) is 83.9 Å². The van der Waals surface area contributed by atoms with E-state index in [0.717, 1.165) is 15.4 Å². The Balaban J connectivity index is 2.06. The minimum atomic E-state index is -4.15. The Morgan fingerprint density at radius 2 is 1.56 bits per heavy atom. The monoisotopic (exact) mass is 553 g/mol. The van der Waals surface area contributed by atoms with Crippen molar-refractivity contribution in [2.45, 2.75) is 37.8 Å². The molecule has 0 aliphatic rings. The number of benzene rings is 3. The van der Waals surface area contributed by atoms with E-state index in [1.165, 1.54) is 31.2 Å². The van der Waals surface area contributed by atoms with Gasteiger partial charge >= 0.3 is 0 Å². The van der Waals surface area contributed by atoms with Crippen molar-refractivity contribution in [3.8, 4) is 11.5 Å². The molecule has 0 aromatic heterocycles. The number of hydrogen-bond donors (Lipinski definition) is 1. The van der Waals surface area contributed by atoms with Crippen LogP contribution in [0.1, 0.15) is 24.5 Å². The van der Waals surface area contributed by atoms with Gasteiger partial charge in [-0.15, -0.1) is 0 Å². The van der Waals surface area contributed by atoms with E-state index in [-0.39, 0.29) is 23.0 Å². The summed E-state index contributed by atoms with van der Waals surface area (Å²) in [7, 11) is 0.396. The Morgan fingerprint density at radius 1 is 0.923 bits per heavy atom. The normalized spacial score (nSPS) is 11.8. The van der Waals surface area contributed by atoms with E-state index in [9.17, 15) is 18.0 Å². The van der Waals surface area contributed by atoms with Crippen LogP contribution in [0.4, 0.5) is 5.69 Å². The summed E-state index contributed by atoms with van der Waals surface area (Å²) in [5.74, 6) is 0.229. The van der Waals surface area contributed by atoms with Gasteiger partial charge in [-0.2, -0.15) is 0 Å². The van der Waals surface area contributed by atoms with Gasteiger partial charge in [0.05, 0.1) is 24.8 Å². The molecule has 3 aromatic rings. The van der Waals surface area contributed by atoms with Gasteiger partial charge in [0.15, 0.2) is 0 Å². The van der Waals surface area contributed by atoms with Crippen LogP contribution in [0.2, 0.25) is 0 Å². The van der Waals surface area contributed by atoms with E-state index in [1.807, 2.05) is 6.92 Å². The largest absolute Gasteiger partial charge is 0.497 e. The molecule has 208 valence electrons. The third-order valence-electron chi connectivity index (χ3n) is 6.37. The Bertz CT molecular complexity index is 1370. The molecule has 2 amide bonds. The number of amides is 2. The third kappa shape index (κ3) is 7.08. The molecular formula is C29H35N3O6S. The van der Waals surface area contributed by atoms with Gasteiger partial charge in [-0.05, 0) is 55.3 Å². The molecule has 0 bridgehead atoms. The highest BCUT2D eigenvalue weighted by Gasteiger charge is 2.33. The molecule has 0 saturated carbocycles. The molecule has 1 atom stereocenters. The lowest BCUT2D eigenvalue weighted by atomic mass is 10.1. The zero-order valence-corrected chi connectivity index (χ0v) is 23.7. The van der Waals surface area contributed by atoms with Crippen LogP contribution >= 0.6 is 0 Å². The number of hydrogen-bond acceptors (Lipinski definition) is 6.